The monoisotopic (exact) mass is 405 g/mol. The van der Waals surface area contributed by atoms with E-state index < -0.39 is 12.2 Å². The molecular weight excluding hydrogens is 387 g/mol. The molecule has 0 saturated carbocycles. The fraction of sp³-hybridized carbons (Fsp3) is 0.412. The Balaban J connectivity index is 2.35. The summed E-state index contributed by atoms with van der Waals surface area (Å²) in [6.45, 7) is 5.36. The number of hydrogen-bond donors (Lipinski definition) is 0. The molecule has 1 heterocycles. The van der Waals surface area contributed by atoms with Gasteiger partial charge in [-0.2, -0.15) is 18.3 Å². The maximum absolute atomic E-state index is 13.7. The van der Waals surface area contributed by atoms with E-state index in [4.69, 9.17) is 11.6 Å². The first kappa shape index (κ1) is 20.8. The molecule has 2 aromatic rings. The molecule has 0 bridgehead atoms. The number of hydrogen-bond acceptors (Lipinski definition) is 4. The molecule has 2 rings (SSSR count). The summed E-state index contributed by atoms with van der Waals surface area (Å²) >= 11 is 6.65. The van der Waals surface area contributed by atoms with Crippen LogP contribution in [0.1, 0.15) is 38.4 Å². The lowest BCUT2D eigenvalue weighted by Crippen LogP contribution is -2.34. The molecule has 0 aliphatic carbocycles. The quantitative estimate of drug-likeness (QED) is 0.626. The molecule has 0 aliphatic rings. The summed E-state index contributed by atoms with van der Waals surface area (Å²) in [5.41, 5.74) is -0.268. The zero-order valence-electron chi connectivity index (χ0n) is 14.5. The molecule has 142 valence electrons. The summed E-state index contributed by atoms with van der Waals surface area (Å²) in [5, 5.41) is 4.40. The first-order valence-corrected chi connectivity index (χ1v) is 9.14. The highest BCUT2D eigenvalue weighted by atomic mass is 35.5. The molecule has 9 heteroatoms. The van der Waals surface area contributed by atoms with Gasteiger partial charge in [-0.15, -0.1) is 0 Å². The lowest BCUT2D eigenvalue weighted by molar-refractivity contribution is -0.172. The van der Waals surface area contributed by atoms with E-state index in [-0.39, 0.29) is 23.7 Å². The van der Waals surface area contributed by atoms with Crippen molar-refractivity contribution in [3.8, 4) is 0 Å². The van der Waals surface area contributed by atoms with Gasteiger partial charge in [-0.3, -0.25) is 4.79 Å². The second kappa shape index (κ2) is 8.45. The van der Waals surface area contributed by atoms with Crippen LogP contribution in [-0.4, -0.2) is 26.8 Å². The van der Waals surface area contributed by atoms with Crippen molar-refractivity contribution in [2.75, 3.05) is 6.54 Å². The Labute approximate surface area is 159 Å². The third kappa shape index (κ3) is 5.02. The van der Waals surface area contributed by atoms with Gasteiger partial charge in [0, 0.05) is 22.5 Å². The maximum atomic E-state index is 13.7. The van der Waals surface area contributed by atoms with E-state index in [2.05, 4.69) is 5.10 Å². The predicted octanol–water partition coefficient (Wildman–Crippen LogP) is 5.11. The van der Waals surface area contributed by atoms with Crippen molar-refractivity contribution in [2.24, 2.45) is 0 Å². The molecule has 4 nitrogen and oxygen atoms in total. The smallest absolute Gasteiger partial charge is 0.268 e. The van der Waals surface area contributed by atoms with Gasteiger partial charge >= 0.3 is 6.18 Å². The van der Waals surface area contributed by atoms with E-state index >= 15 is 0 Å². The van der Waals surface area contributed by atoms with Gasteiger partial charge in [0.1, 0.15) is 6.04 Å². The average Bonchev–Trinajstić information content (AvgIpc) is 2.54. The average molecular weight is 406 g/mol. The van der Waals surface area contributed by atoms with E-state index in [0.717, 1.165) is 11.9 Å². The second-order valence-electron chi connectivity index (χ2n) is 5.89. The molecule has 0 spiro atoms. The van der Waals surface area contributed by atoms with Gasteiger partial charge in [0.15, 0.2) is 0 Å². The zero-order valence-corrected chi connectivity index (χ0v) is 16.1. The molecule has 0 aliphatic heterocycles. The van der Waals surface area contributed by atoms with Gasteiger partial charge < -0.3 is 0 Å². The summed E-state index contributed by atoms with van der Waals surface area (Å²) in [6, 6.07) is 4.93. The molecule has 1 aromatic heterocycles. The van der Waals surface area contributed by atoms with Crippen LogP contribution < -0.4 is 5.56 Å². The summed E-state index contributed by atoms with van der Waals surface area (Å²) < 4.78 is 43.6. The summed E-state index contributed by atoms with van der Waals surface area (Å²) in [7, 11) is 0. The summed E-state index contributed by atoms with van der Waals surface area (Å²) in [4.78, 5) is 12.4. The highest BCUT2D eigenvalue weighted by molar-refractivity contribution is 7.97. The lowest BCUT2D eigenvalue weighted by atomic mass is 10.1. The van der Waals surface area contributed by atoms with Gasteiger partial charge in [-0.05, 0) is 43.5 Å². The van der Waals surface area contributed by atoms with Crippen molar-refractivity contribution in [1.29, 1.82) is 0 Å². The Morgan fingerprint density at radius 1 is 1.27 bits per heavy atom. The van der Waals surface area contributed by atoms with Crippen LogP contribution in [-0.2, 0) is 0 Å². The Morgan fingerprint density at radius 2 is 1.88 bits per heavy atom. The van der Waals surface area contributed by atoms with E-state index in [1.165, 1.54) is 45.5 Å². The zero-order chi connectivity index (χ0) is 19.5. The van der Waals surface area contributed by atoms with Gasteiger partial charge in [-0.25, -0.2) is 8.99 Å². The van der Waals surface area contributed by atoms with E-state index in [9.17, 15) is 18.0 Å². The topological polar surface area (TPSA) is 38.1 Å². The van der Waals surface area contributed by atoms with Crippen LogP contribution in [0.2, 0.25) is 5.02 Å². The molecule has 26 heavy (non-hydrogen) atoms. The number of rotatable bonds is 6. The fourth-order valence-electron chi connectivity index (χ4n) is 2.44. The lowest BCUT2D eigenvalue weighted by Gasteiger charge is -2.31. The van der Waals surface area contributed by atoms with Crippen LogP contribution in [0.25, 0.3) is 0 Å². The molecule has 1 atom stereocenters. The van der Waals surface area contributed by atoms with Crippen molar-refractivity contribution >= 4 is 23.5 Å². The predicted molar refractivity (Wildman–Crippen MR) is 97.4 cm³/mol. The maximum Gasteiger partial charge on any atom is 0.408 e. The van der Waals surface area contributed by atoms with Crippen LogP contribution in [0.4, 0.5) is 13.2 Å². The third-order valence-electron chi connectivity index (χ3n) is 3.61. The van der Waals surface area contributed by atoms with Gasteiger partial charge in [-0.1, -0.05) is 30.7 Å². The molecular formula is C17H19ClF3N3OS. The molecule has 0 radical (unpaired) electrons. The van der Waals surface area contributed by atoms with E-state index in [1.54, 1.807) is 20.8 Å². The molecule has 0 unspecified atom stereocenters. The Morgan fingerprint density at radius 3 is 2.35 bits per heavy atom. The van der Waals surface area contributed by atoms with Gasteiger partial charge in [0.25, 0.3) is 5.56 Å². The minimum atomic E-state index is -4.49. The number of alkyl halides is 3. The van der Waals surface area contributed by atoms with Crippen LogP contribution in [0, 0.1) is 0 Å². The summed E-state index contributed by atoms with van der Waals surface area (Å²) in [5.74, 6) is 0. The molecule has 0 fully saturated rings. The Hall–Kier alpha value is -1.51. The second-order valence-corrected chi connectivity index (χ2v) is 7.45. The largest absolute Gasteiger partial charge is 0.408 e. The van der Waals surface area contributed by atoms with Gasteiger partial charge in [0.2, 0.25) is 0 Å². The number of benzene rings is 1. The highest BCUT2D eigenvalue weighted by Gasteiger charge is 2.44. The van der Waals surface area contributed by atoms with Crippen molar-refractivity contribution in [3.63, 3.8) is 0 Å². The number of halogens is 4. The third-order valence-corrected chi connectivity index (χ3v) is 5.00. The van der Waals surface area contributed by atoms with Gasteiger partial charge in [0.05, 0.1) is 12.2 Å². The first-order valence-electron chi connectivity index (χ1n) is 7.99. The molecule has 1 aromatic carbocycles. The minimum absolute atomic E-state index is 0.0831. The molecule has 0 amide bonds. The normalized spacial score (nSPS) is 13.4. The van der Waals surface area contributed by atoms with Crippen molar-refractivity contribution in [1.82, 2.24) is 14.1 Å². The van der Waals surface area contributed by atoms with E-state index in [1.807, 2.05) is 0 Å². The van der Waals surface area contributed by atoms with Crippen molar-refractivity contribution in [3.05, 3.63) is 57.5 Å². The highest BCUT2D eigenvalue weighted by Crippen LogP contribution is 2.42. The SMILES string of the molecule is CCN(Sc1cnn(C(C)C)c(=O)c1)[C@H](c1ccc(Cl)cc1)C(F)(F)F. The standard InChI is InChI=1S/C17H19ClF3N3OS/c1-4-23(26-14-9-15(25)24(11(2)3)22-10-14)16(17(19,20)21)12-5-7-13(18)8-6-12/h5-11,16H,4H2,1-3H3/t16-/m1/s1. The molecule has 0 saturated heterocycles. The fourth-order valence-corrected chi connectivity index (χ4v) is 3.56. The van der Waals surface area contributed by atoms with Crippen molar-refractivity contribution in [2.45, 2.75) is 43.9 Å². The number of nitrogens with zero attached hydrogens (tertiary/aromatic N) is 3. The van der Waals surface area contributed by atoms with Crippen LogP contribution in [0.15, 0.2) is 46.2 Å². The Bertz CT molecular complexity index is 793. The van der Waals surface area contributed by atoms with Crippen LogP contribution in [0.3, 0.4) is 0 Å². The first-order chi connectivity index (χ1) is 12.1. The number of aromatic nitrogens is 2. The Kier molecular flexibility index (Phi) is 6.76. The molecule has 0 N–H and O–H groups in total. The van der Waals surface area contributed by atoms with E-state index in [0.29, 0.717) is 9.92 Å². The van der Waals surface area contributed by atoms with Crippen molar-refractivity contribution < 1.29 is 13.2 Å². The van der Waals surface area contributed by atoms with Crippen LogP contribution >= 0.6 is 23.5 Å². The van der Waals surface area contributed by atoms with Crippen LogP contribution in [0.5, 0.6) is 0 Å². The summed E-state index contributed by atoms with van der Waals surface area (Å²) in [6.07, 6.45) is -3.08. The minimum Gasteiger partial charge on any atom is -0.268 e.